The lowest BCUT2D eigenvalue weighted by Gasteiger charge is -2.14. The van der Waals surface area contributed by atoms with Gasteiger partial charge in [0.1, 0.15) is 11.4 Å². The number of para-hydroxylation sites is 2. The second-order valence-corrected chi connectivity index (χ2v) is 5.82. The number of hydrogen-bond donors (Lipinski definition) is 1. The number of nitrogens with zero attached hydrogens (tertiary/aromatic N) is 4. The van der Waals surface area contributed by atoms with Gasteiger partial charge in [0.25, 0.3) is 5.91 Å². The molecule has 0 aliphatic rings. The van der Waals surface area contributed by atoms with Crippen LogP contribution in [0.3, 0.4) is 0 Å². The molecule has 2 heterocycles. The number of aromatic nitrogens is 4. The Kier molecular flexibility index (Phi) is 5.33. The number of methoxy groups -OCH3 is 2. The van der Waals surface area contributed by atoms with E-state index in [2.05, 4.69) is 15.3 Å². The fraction of sp³-hybridized carbons (Fsp3) is 0.278. The molecule has 1 aromatic carbocycles. The minimum absolute atomic E-state index is 0.131. The van der Waals surface area contributed by atoms with Gasteiger partial charge < -0.3 is 14.4 Å². The van der Waals surface area contributed by atoms with Crippen molar-refractivity contribution in [1.82, 2.24) is 24.9 Å². The summed E-state index contributed by atoms with van der Waals surface area (Å²) in [5.41, 5.74) is 2.90. The first-order chi connectivity index (χ1) is 12.6. The fourth-order valence-electron chi connectivity index (χ4n) is 2.64. The van der Waals surface area contributed by atoms with Gasteiger partial charge >= 0.3 is 0 Å². The van der Waals surface area contributed by atoms with E-state index < -0.39 is 0 Å². The van der Waals surface area contributed by atoms with Gasteiger partial charge in [-0.05, 0) is 18.2 Å². The van der Waals surface area contributed by atoms with Gasteiger partial charge in [0, 0.05) is 20.4 Å². The van der Waals surface area contributed by atoms with Crippen molar-refractivity contribution in [3.05, 3.63) is 59.7 Å². The highest BCUT2D eigenvalue weighted by atomic mass is 16.5. The highest BCUT2D eigenvalue weighted by molar-refractivity contribution is 5.93. The maximum atomic E-state index is 12.7. The summed E-state index contributed by atoms with van der Waals surface area (Å²) in [6.45, 7) is 0.842. The SMILES string of the molecule is COCc1cc(CN(C)C(=O)c2cnn(-c3ccccc3OC)c2)[nH]n1. The number of benzene rings is 1. The Bertz CT molecular complexity index is 886. The molecule has 3 rings (SSSR count). The molecule has 0 saturated heterocycles. The van der Waals surface area contributed by atoms with E-state index in [1.807, 2.05) is 30.3 Å². The van der Waals surface area contributed by atoms with Crippen LogP contribution in [-0.4, -0.2) is 52.1 Å². The lowest BCUT2D eigenvalue weighted by Crippen LogP contribution is -2.26. The van der Waals surface area contributed by atoms with Crippen LogP contribution >= 0.6 is 0 Å². The molecule has 8 heteroatoms. The van der Waals surface area contributed by atoms with Crippen molar-refractivity contribution in [1.29, 1.82) is 0 Å². The summed E-state index contributed by atoms with van der Waals surface area (Å²) < 4.78 is 12.0. The largest absolute Gasteiger partial charge is 0.494 e. The molecule has 1 N–H and O–H groups in total. The van der Waals surface area contributed by atoms with E-state index in [0.717, 1.165) is 17.1 Å². The van der Waals surface area contributed by atoms with Crippen LogP contribution in [0.4, 0.5) is 0 Å². The molecule has 0 saturated carbocycles. The molecule has 0 spiro atoms. The number of H-pyrrole nitrogens is 1. The number of aromatic amines is 1. The smallest absolute Gasteiger partial charge is 0.257 e. The predicted molar refractivity (Wildman–Crippen MR) is 95.2 cm³/mol. The molecule has 2 aromatic heterocycles. The van der Waals surface area contributed by atoms with Crippen molar-refractivity contribution in [2.45, 2.75) is 13.2 Å². The Balaban J connectivity index is 1.72. The van der Waals surface area contributed by atoms with Crippen LogP contribution in [0.2, 0.25) is 0 Å². The number of carbonyl (C=O) groups excluding carboxylic acids is 1. The number of ether oxygens (including phenoxy) is 2. The molecule has 26 heavy (non-hydrogen) atoms. The van der Waals surface area contributed by atoms with Gasteiger partial charge in [0.05, 0.1) is 43.4 Å². The van der Waals surface area contributed by atoms with E-state index in [4.69, 9.17) is 9.47 Å². The zero-order valence-corrected chi connectivity index (χ0v) is 15.0. The first kappa shape index (κ1) is 17.7. The Hall–Kier alpha value is -3.13. The van der Waals surface area contributed by atoms with Crippen molar-refractivity contribution in [2.75, 3.05) is 21.3 Å². The number of hydrogen-bond acceptors (Lipinski definition) is 5. The topological polar surface area (TPSA) is 85.3 Å². The minimum atomic E-state index is -0.131. The third kappa shape index (κ3) is 3.75. The van der Waals surface area contributed by atoms with Gasteiger partial charge in [-0.15, -0.1) is 0 Å². The lowest BCUT2D eigenvalue weighted by atomic mass is 10.2. The van der Waals surface area contributed by atoms with Crippen LogP contribution in [0.1, 0.15) is 21.7 Å². The van der Waals surface area contributed by atoms with E-state index in [-0.39, 0.29) is 5.91 Å². The number of amides is 1. The van der Waals surface area contributed by atoms with E-state index in [9.17, 15) is 4.79 Å². The molecule has 0 aliphatic carbocycles. The summed E-state index contributed by atoms with van der Waals surface area (Å²) in [5, 5.41) is 11.3. The molecule has 0 bridgehead atoms. The van der Waals surface area contributed by atoms with Crippen LogP contribution in [-0.2, 0) is 17.9 Å². The zero-order chi connectivity index (χ0) is 18.5. The Morgan fingerprint density at radius 2 is 2.12 bits per heavy atom. The Labute approximate surface area is 151 Å². The second-order valence-electron chi connectivity index (χ2n) is 5.82. The Morgan fingerprint density at radius 3 is 2.88 bits per heavy atom. The maximum absolute atomic E-state index is 12.7. The summed E-state index contributed by atoms with van der Waals surface area (Å²) in [6, 6.07) is 9.38. The third-order valence-electron chi connectivity index (χ3n) is 3.89. The van der Waals surface area contributed by atoms with Crippen LogP contribution < -0.4 is 4.74 Å². The highest BCUT2D eigenvalue weighted by Gasteiger charge is 2.16. The maximum Gasteiger partial charge on any atom is 0.257 e. The van der Waals surface area contributed by atoms with Gasteiger partial charge in [-0.25, -0.2) is 4.68 Å². The van der Waals surface area contributed by atoms with Crippen molar-refractivity contribution in [3.8, 4) is 11.4 Å². The summed E-state index contributed by atoms with van der Waals surface area (Å²) in [6.07, 6.45) is 3.24. The Morgan fingerprint density at radius 1 is 1.31 bits per heavy atom. The van der Waals surface area contributed by atoms with Gasteiger partial charge in [-0.2, -0.15) is 10.2 Å². The van der Waals surface area contributed by atoms with Crippen LogP contribution in [0, 0.1) is 0 Å². The van der Waals surface area contributed by atoms with Crippen LogP contribution in [0.5, 0.6) is 5.75 Å². The molecule has 3 aromatic rings. The van der Waals surface area contributed by atoms with Crippen LogP contribution in [0.15, 0.2) is 42.7 Å². The highest BCUT2D eigenvalue weighted by Crippen LogP contribution is 2.21. The summed E-state index contributed by atoms with van der Waals surface area (Å²) >= 11 is 0. The molecule has 0 unspecified atom stereocenters. The summed E-state index contributed by atoms with van der Waals surface area (Å²) in [4.78, 5) is 14.3. The monoisotopic (exact) mass is 355 g/mol. The predicted octanol–water partition coefficient (Wildman–Crippen LogP) is 2.02. The van der Waals surface area contributed by atoms with Gasteiger partial charge in [0.2, 0.25) is 0 Å². The quantitative estimate of drug-likeness (QED) is 0.701. The molecule has 0 aliphatic heterocycles. The van der Waals surface area contributed by atoms with E-state index >= 15 is 0 Å². The number of rotatable bonds is 7. The van der Waals surface area contributed by atoms with E-state index in [1.165, 1.54) is 0 Å². The first-order valence-corrected chi connectivity index (χ1v) is 8.08. The van der Waals surface area contributed by atoms with Gasteiger partial charge in [-0.3, -0.25) is 9.89 Å². The van der Waals surface area contributed by atoms with Crippen molar-refractivity contribution in [3.63, 3.8) is 0 Å². The molecular weight excluding hydrogens is 334 g/mol. The van der Waals surface area contributed by atoms with Crippen molar-refractivity contribution in [2.24, 2.45) is 0 Å². The summed E-state index contributed by atoms with van der Waals surface area (Å²) in [5.74, 6) is 0.556. The average molecular weight is 355 g/mol. The lowest BCUT2D eigenvalue weighted by molar-refractivity contribution is 0.0783. The summed E-state index contributed by atoms with van der Waals surface area (Å²) in [7, 11) is 4.95. The van der Waals surface area contributed by atoms with Crippen molar-refractivity contribution >= 4 is 5.91 Å². The molecule has 0 fully saturated rings. The molecule has 0 atom stereocenters. The first-order valence-electron chi connectivity index (χ1n) is 8.08. The van der Waals surface area contributed by atoms with E-state index in [0.29, 0.717) is 24.5 Å². The second kappa shape index (κ2) is 7.83. The molecule has 136 valence electrons. The van der Waals surface area contributed by atoms with Crippen molar-refractivity contribution < 1.29 is 14.3 Å². The van der Waals surface area contributed by atoms with Crippen LogP contribution in [0.25, 0.3) is 5.69 Å². The van der Waals surface area contributed by atoms with Gasteiger partial charge in [-0.1, -0.05) is 12.1 Å². The molecular formula is C18H21N5O3. The van der Waals surface area contributed by atoms with Gasteiger partial charge in [0.15, 0.2) is 0 Å². The zero-order valence-electron chi connectivity index (χ0n) is 15.0. The third-order valence-corrected chi connectivity index (χ3v) is 3.89. The average Bonchev–Trinajstić information content (AvgIpc) is 3.31. The van der Waals surface area contributed by atoms with E-state index in [1.54, 1.807) is 43.2 Å². The molecule has 8 nitrogen and oxygen atoms in total. The molecule has 0 radical (unpaired) electrons. The number of carbonyl (C=O) groups is 1. The molecule has 1 amide bonds. The standard InChI is InChI=1S/C18H21N5O3/c1-22(11-14-8-15(12-25-2)21-20-14)18(24)13-9-19-23(10-13)16-6-4-5-7-17(16)26-3/h4-10H,11-12H2,1-3H3,(H,20,21). The normalized spacial score (nSPS) is 10.7. The number of nitrogens with one attached hydrogen (secondary N) is 1. The minimum Gasteiger partial charge on any atom is -0.494 e. The fourth-order valence-corrected chi connectivity index (χ4v) is 2.64.